The molecule has 5 nitrogen and oxygen atoms in total. The van der Waals surface area contributed by atoms with E-state index < -0.39 is 23.9 Å². The first-order chi connectivity index (χ1) is 18.6. The third-order valence-electron chi connectivity index (χ3n) is 10.5. The molecule has 7 atom stereocenters. The molecule has 3 fully saturated rings. The molecular weight excluding hydrogens is 488 g/mol. The Balaban J connectivity index is 1.64. The molecule has 0 aromatic rings. The molecule has 0 spiro atoms. The highest BCUT2D eigenvalue weighted by Crippen LogP contribution is 2.60. The van der Waals surface area contributed by atoms with Crippen molar-refractivity contribution in [3.63, 3.8) is 0 Å². The predicted molar refractivity (Wildman–Crippen MR) is 159 cm³/mol. The SMILES string of the molecule is C=C1C(=CC=C2CCC[C@]3(C)[C@@H]([C@H](C)CCCC(O)(CCC)CCC)CC[C@@H]23)C[C@@H](O)[C@@H](OCCCO)[C@@H]1O. The topological polar surface area (TPSA) is 90.2 Å². The molecule has 0 aromatic heterocycles. The second kappa shape index (κ2) is 14.8. The van der Waals surface area contributed by atoms with Crippen LogP contribution in [0.25, 0.3) is 0 Å². The van der Waals surface area contributed by atoms with Crippen LogP contribution in [0.1, 0.15) is 118 Å². The number of hydrogen-bond donors (Lipinski definition) is 4. The van der Waals surface area contributed by atoms with Gasteiger partial charge in [-0.1, -0.05) is 77.7 Å². The summed E-state index contributed by atoms with van der Waals surface area (Å²) in [6.45, 7) is 13.8. The van der Waals surface area contributed by atoms with Gasteiger partial charge in [0.1, 0.15) is 12.2 Å². The number of aliphatic hydroxyl groups excluding tert-OH is 3. The maximum atomic E-state index is 11.1. The Morgan fingerprint density at radius 3 is 2.49 bits per heavy atom. The standard InChI is InChI=1S/C34H58O5/c1-6-17-34(38,18-7-2)20-8-11-24(3)28-15-16-29-26(12-9-19-33(28,29)5)13-14-27-23-30(36)32(31(37)25(27)4)39-22-10-21-35/h13-14,24,28-32,35-38H,4,6-12,15-23H2,1-3,5H3/t24-,28-,29+,30-,31-,32-,33-/m1/s1. The van der Waals surface area contributed by atoms with Crippen LogP contribution in [0.15, 0.2) is 35.5 Å². The molecule has 0 heterocycles. The molecule has 0 amide bonds. The van der Waals surface area contributed by atoms with Crippen molar-refractivity contribution in [2.24, 2.45) is 23.2 Å². The van der Waals surface area contributed by atoms with E-state index in [1.165, 1.54) is 37.7 Å². The highest BCUT2D eigenvalue weighted by Gasteiger charge is 2.50. The molecule has 0 aliphatic heterocycles. The van der Waals surface area contributed by atoms with Crippen LogP contribution in [0, 0.1) is 23.2 Å². The molecule has 5 heteroatoms. The lowest BCUT2D eigenvalue weighted by Crippen LogP contribution is -2.45. The van der Waals surface area contributed by atoms with Crippen molar-refractivity contribution in [3.8, 4) is 0 Å². The first-order valence-corrected chi connectivity index (χ1v) is 16.0. The molecule has 3 aliphatic carbocycles. The summed E-state index contributed by atoms with van der Waals surface area (Å²) in [6, 6.07) is 0. The van der Waals surface area contributed by atoms with Crippen LogP contribution in [0.2, 0.25) is 0 Å². The second-order valence-corrected chi connectivity index (χ2v) is 13.3. The van der Waals surface area contributed by atoms with Gasteiger partial charge in [-0.25, -0.2) is 0 Å². The van der Waals surface area contributed by atoms with Gasteiger partial charge in [0.25, 0.3) is 0 Å². The molecule has 224 valence electrons. The van der Waals surface area contributed by atoms with Crippen LogP contribution in [-0.2, 0) is 4.74 Å². The summed E-state index contributed by atoms with van der Waals surface area (Å²) >= 11 is 0. The van der Waals surface area contributed by atoms with Gasteiger partial charge in [0, 0.05) is 19.6 Å². The molecule has 0 radical (unpaired) electrons. The molecule has 39 heavy (non-hydrogen) atoms. The zero-order chi connectivity index (χ0) is 28.6. The first kappa shape index (κ1) is 32.5. The number of hydrogen-bond acceptors (Lipinski definition) is 5. The lowest BCUT2D eigenvalue weighted by molar-refractivity contribution is -0.0968. The molecule has 0 bridgehead atoms. The summed E-state index contributed by atoms with van der Waals surface area (Å²) < 4.78 is 5.66. The molecular formula is C34H58O5. The Morgan fingerprint density at radius 2 is 1.82 bits per heavy atom. The summed E-state index contributed by atoms with van der Waals surface area (Å²) in [7, 11) is 0. The van der Waals surface area contributed by atoms with Crippen molar-refractivity contribution >= 4 is 0 Å². The fourth-order valence-corrected chi connectivity index (χ4v) is 8.41. The van der Waals surface area contributed by atoms with Crippen LogP contribution in [0.3, 0.4) is 0 Å². The summed E-state index contributed by atoms with van der Waals surface area (Å²) in [4.78, 5) is 0. The molecule has 3 aliphatic rings. The third-order valence-corrected chi connectivity index (χ3v) is 10.5. The van der Waals surface area contributed by atoms with Gasteiger partial charge in [-0.3, -0.25) is 0 Å². The van der Waals surface area contributed by atoms with E-state index in [0.717, 1.165) is 56.4 Å². The zero-order valence-corrected chi connectivity index (χ0v) is 25.3. The Labute approximate surface area is 238 Å². The van der Waals surface area contributed by atoms with Gasteiger partial charge in [-0.2, -0.15) is 0 Å². The van der Waals surface area contributed by atoms with E-state index in [-0.39, 0.29) is 6.61 Å². The summed E-state index contributed by atoms with van der Waals surface area (Å²) in [5, 5.41) is 41.5. The normalized spacial score (nSPS) is 34.6. The second-order valence-electron chi connectivity index (χ2n) is 13.3. The van der Waals surface area contributed by atoms with E-state index in [9.17, 15) is 15.3 Å². The van der Waals surface area contributed by atoms with Crippen molar-refractivity contribution in [1.29, 1.82) is 0 Å². The van der Waals surface area contributed by atoms with E-state index in [1.807, 2.05) is 0 Å². The fourth-order valence-electron chi connectivity index (χ4n) is 8.41. The molecule has 3 saturated carbocycles. The van der Waals surface area contributed by atoms with Gasteiger partial charge in [0.15, 0.2) is 0 Å². The lowest BCUT2D eigenvalue weighted by atomic mass is 9.60. The smallest absolute Gasteiger partial charge is 0.114 e. The van der Waals surface area contributed by atoms with Crippen molar-refractivity contribution in [2.45, 2.75) is 141 Å². The first-order valence-electron chi connectivity index (χ1n) is 16.0. The molecule has 0 unspecified atom stereocenters. The van der Waals surface area contributed by atoms with Crippen LogP contribution < -0.4 is 0 Å². The maximum Gasteiger partial charge on any atom is 0.114 e. The molecule has 4 N–H and O–H groups in total. The van der Waals surface area contributed by atoms with E-state index >= 15 is 0 Å². The van der Waals surface area contributed by atoms with Crippen molar-refractivity contribution in [3.05, 3.63) is 35.5 Å². The van der Waals surface area contributed by atoms with Gasteiger partial charge in [0.2, 0.25) is 0 Å². The monoisotopic (exact) mass is 546 g/mol. The van der Waals surface area contributed by atoms with Crippen LogP contribution in [0.4, 0.5) is 0 Å². The average molecular weight is 547 g/mol. The van der Waals surface area contributed by atoms with Crippen molar-refractivity contribution < 1.29 is 25.2 Å². The number of rotatable bonds is 14. The van der Waals surface area contributed by atoms with E-state index in [1.54, 1.807) is 0 Å². The number of fused-ring (bicyclic) bond motifs is 1. The number of aliphatic hydroxyl groups is 4. The maximum absolute atomic E-state index is 11.1. The largest absolute Gasteiger partial charge is 0.396 e. The lowest BCUT2D eigenvalue weighted by Gasteiger charge is -2.44. The van der Waals surface area contributed by atoms with E-state index in [4.69, 9.17) is 9.84 Å². The minimum absolute atomic E-state index is 0.0274. The van der Waals surface area contributed by atoms with E-state index in [2.05, 4.69) is 46.4 Å². The Morgan fingerprint density at radius 1 is 1.10 bits per heavy atom. The van der Waals surface area contributed by atoms with Crippen LogP contribution in [0.5, 0.6) is 0 Å². The minimum atomic E-state index is -0.933. The molecule has 0 saturated heterocycles. The summed E-state index contributed by atoms with van der Waals surface area (Å²) in [6.07, 6.45) is 16.2. The Kier molecular flexibility index (Phi) is 12.3. The summed E-state index contributed by atoms with van der Waals surface area (Å²) in [5.41, 5.74) is 2.90. The highest BCUT2D eigenvalue weighted by atomic mass is 16.5. The van der Waals surface area contributed by atoms with Gasteiger partial charge in [-0.15, -0.1) is 0 Å². The zero-order valence-electron chi connectivity index (χ0n) is 25.3. The Bertz CT molecular complexity index is 841. The molecule has 3 rings (SSSR count). The predicted octanol–water partition coefficient (Wildman–Crippen LogP) is 6.64. The Hall–Kier alpha value is -0.980. The van der Waals surface area contributed by atoms with Crippen LogP contribution >= 0.6 is 0 Å². The average Bonchev–Trinajstić information content (AvgIpc) is 3.25. The fraction of sp³-hybridized carbons (Fsp3) is 0.824. The third kappa shape index (κ3) is 7.86. The highest BCUT2D eigenvalue weighted by molar-refractivity contribution is 5.40. The van der Waals surface area contributed by atoms with Gasteiger partial charge < -0.3 is 25.2 Å². The van der Waals surface area contributed by atoms with Crippen molar-refractivity contribution in [2.75, 3.05) is 13.2 Å². The minimum Gasteiger partial charge on any atom is -0.396 e. The number of ether oxygens (including phenoxy) is 1. The number of allylic oxidation sites excluding steroid dienone is 3. The van der Waals surface area contributed by atoms with Crippen LogP contribution in [-0.4, -0.2) is 57.6 Å². The van der Waals surface area contributed by atoms with Gasteiger partial charge >= 0.3 is 0 Å². The molecule has 0 aromatic carbocycles. The van der Waals surface area contributed by atoms with Gasteiger partial charge in [-0.05, 0) is 92.1 Å². The quantitative estimate of drug-likeness (QED) is 0.183. The summed E-state index contributed by atoms with van der Waals surface area (Å²) in [5.74, 6) is 1.97. The van der Waals surface area contributed by atoms with Crippen molar-refractivity contribution in [1.82, 2.24) is 0 Å². The van der Waals surface area contributed by atoms with E-state index in [0.29, 0.717) is 42.3 Å². The van der Waals surface area contributed by atoms with Gasteiger partial charge in [0.05, 0.1) is 11.7 Å².